The number of halogens is 1. The fourth-order valence-corrected chi connectivity index (χ4v) is 3.41. The van der Waals surface area contributed by atoms with Crippen LogP contribution in [0.25, 0.3) is 5.57 Å². The largest absolute Gasteiger partial charge is 0.321 e. The van der Waals surface area contributed by atoms with Crippen LogP contribution in [0, 0.1) is 11.3 Å². The zero-order valence-corrected chi connectivity index (χ0v) is 15.9. The minimum atomic E-state index is -3.86. The molecule has 0 fully saturated rings. The van der Waals surface area contributed by atoms with Gasteiger partial charge in [0, 0.05) is 21.4 Å². The summed E-state index contributed by atoms with van der Waals surface area (Å²) in [5.74, 6) is -1.35. The summed E-state index contributed by atoms with van der Waals surface area (Å²) in [4.78, 5) is 24.7. The molecule has 0 unspecified atom stereocenters. The van der Waals surface area contributed by atoms with Crippen LogP contribution in [0.2, 0.25) is 0 Å². The lowest BCUT2D eigenvalue weighted by Crippen LogP contribution is -2.18. The van der Waals surface area contributed by atoms with Gasteiger partial charge in [-0.2, -0.15) is 5.26 Å². The summed E-state index contributed by atoms with van der Waals surface area (Å²) < 4.78 is 23.2. The number of fused-ring (bicyclic) bond motifs is 1. The van der Waals surface area contributed by atoms with Gasteiger partial charge >= 0.3 is 0 Å². The van der Waals surface area contributed by atoms with Gasteiger partial charge in [0.25, 0.3) is 11.8 Å². The first-order valence-electron chi connectivity index (χ1n) is 7.40. The Morgan fingerprint density at radius 1 is 1.19 bits per heavy atom. The second kappa shape index (κ2) is 6.96. The summed E-state index contributed by atoms with van der Waals surface area (Å²) in [6.45, 7) is 0. The topological polar surface area (TPSA) is 142 Å². The van der Waals surface area contributed by atoms with Crippen molar-refractivity contribution in [1.82, 2.24) is 0 Å². The van der Waals surface area contributed by atoms with E-state index >= 15 is 0 Å². The van der Waals surface area contributed by atoms with Gasteiger partial charge in [0.15, 0.2) is 0 Å². The standard InChI is InChI=1S/C17H11BrN4O4S/c18-9-1-6-14-12(7-9)15(17(24)22-14)13(8-19)16(23)21-10-2-4-11(5-3-10)27(20,25)26/h1-7H,(H,21,23)(H,22,24)(H2,20,25,26)/b15-13+. The number of carbonyl (C=O) groups is 2. The maximum absolute atomic E-state index is 12.5. The van der Waals surface area contributed by atoms with Gasteiger partial charge in [-0.15, -0.1) is 0 Å². The Morgan fingerprint density at radius 2 is 1.85 bits per heavy atom. The highest BCUT2D eigenvalue weighted by Gasteiger charge is 2.30. The highest BCUT2D eigenvalue weighted by molar-refractivity contribution is 9.10. The predicted octanol–water partition coefficient (Wildman–Crippen LogP) is 1.96. The molecule has 2 amide bonds. The van der Waals surface area contributed by atoms with Crippen LogP contribution in [0.5, 0.6) is 0 Å². The molecule has 0 atom stereocenters. The Labute approximate surface area is 162 Å². The van der Waals surface area contributed by atoms with E-state index in [9.17, 15) is 23.3 Å². The minimum Gasteiger partial charge on any atom is -0.321 e. The van der Waals surface area contributed by atoms with Crippen molar-refractivity contribution in [2.75, 3.05) is 10.6 Å². The van der Waals surface area contributed by atoms with Gasteiger partial charge in [-0.3, -0.25) is 9.59 Å². The lowest BCUT2D eigenvalue weighted by Gasteiger charge is -2.07. The van der Waals surface area contributed by atoms with Crippen molar-refractivity contribution in [3.63, 3.8) is 0 Å². The Bertz CT molecular complexity index is 1150. The average Bonchev–Trinajstić information content (AvgIpc) is 2.91. The first-order chi connectivity index (χ1) is 12.7. The van der Waals surface area contributed by atoms with Crippen LogP contribution in [-0.2, 0) is 19.6 Å². The number of nitrogens with one attached hydrogen (secondary N) is 2. The molecule has 0 saturated heterocycles. The van der Waals surface area contributed by atoms with Crippen molar-refractivity contribution in [3.05, 3.63) is 58.1 Å². The number of nitrogens with two attached hydrogens (primary N) is 1. The molecule has 2 aromatic carbocycles. The number of anilines is 2. The summed E-state index contributed by atoms with van der Waals surface area (Å²) in [6.07, 6.45) is 0. The molecule has 136 valence electrons. The molecular formula is C17H11BrN4O4S. The van der Waals surface area contributed by atoms with Gasteiger partial charge in [0.1, 0.15) is 11.6 Å². The van der Waals surface area contributed by atoms with Crippen molar-refractivity contribution in [2.24, 2.45) is 5.14 Å². The van der Waals surface area contributed by atoms with Gasteiger partial charge < -0.3 is 10.6 Å². The molecule has 0 bridgehead atoms. The van der Waals surface area contributed by atoms with Gasteiger partial charge in [-0.05, 0) is 42.5 Å². The number of nitrogens with zero attached hydrogens (tertiary/aromatic N) is 1. The van der Waals surface area contributed by atoms with E-state index in [4.69, 9.17) is 5.14 Å². The first-order valence-corrected chi connectivity index (χ1v) is 9.74. The maximum Gasteiger partial charge on any atom is 0.267 e. The second-order valence-electron chi connectivity index (χ2n) is 5.53. The highest BCUT2D eigenvalue weighted by atomic mass is 79.9. The third-order valence-electron chi connectivity index (χ3n) is 3.76. The fraction of sp³-hybridized carbons (Fsp3) is 0. The summed E-state index contributed by atoms with van der Waals surface area (Å²) in [5, 5.41) is 19.5. The van der Waals surface area contributed by atoms with E-state index < -0.39 is 21.8 Å². The van der Waals surface area contributed by atoms with Crippen LogP contribution in [-0.4, -0.2) is 20.2 Å². The van der Waals surface area contributed by atoms with Crippen LogP contribution in [0.4, 0.5) is 11.4 Å². The van der Waals surface area contributed by atoms with Gasteiger partial charge in [-0.1, -0.05) is 15.9 Å². The lowest BCUT2D eigenvalue weighted by molar-refractivity contribution is -0.113. The van der Waals surface area contributed by atoms with Crippen molar-refractivity contribution in [1.29, 1.82) is 5.26 Å². The van der Waals surface area contributed by atoms with Crippen molar-refractivity contribution in [2.45, 2.75) is 4.90 Å². The number of benzene rings is 2. The normalized spacial score (nSPS) is 14.8. The summed E-state index contributed by atoms with van der Waals surface area (Å²) in [7, 11) is -3.86. The molecule has 1 aliphatic heterocycles. The molecule has 1 heterocycles. The fourth-order valence-electron chi connectivity index (χ4n) is 2.53. The summed E-state index contributed by atoms with van der Waals surface area (Å²) in [5.41, 5.74) is 0.780. The second-order valence-corrected chi connectivity index (χ2v) is 8.01. The third-order valence-corrected chi connectivity index (χ3v) is 5.18. The van der Waals surface area contributed by atoms with Crippen molar-refractivity contribution >= 4 is 54.7 Å². The molecule has 0 spiro atoms. The maximum atomic E-state index is 12.5. The van der Waals surface area contributed by atoms with Crippen LogP contribution >= 0.6 is 15.9 Å². The van der Waals surface area contributed by atoms with E-state index in [2.05, 4.69) is 26.6 Å². The summed E-state index contributed by atoms with van der Waals surface area (Å²) >= 11 is 3.29. The van der Waals surface area contributed by atoms with E-state index in [1.807, 2.05) is 0 Å². The predicted molar refractivity (Wildman–Crippen MR) is 102 cm³/mol. The molecule has 10 heteroatoms. The third kappa shape index (κ3) is 3.75. The van der Waals surface area contributed by atoms with Gasteiger partial charge in [0.05, 0.1) is 10.5 Å². The van der Waals surface area contributed by atoms with Crippen molar-refractivity contribution in [3.8, 4) is 6.07 Å². The van der Waals surface area contributed by atoms with E-state index in [0.29, 0.717) is 15.7 Å². The SMILES string of the molecule is N#C/C(C(=O)Nc1ccc(S(N)(=O)=O)cc1)=C1\C(=O)Nc2ccc(Br)cc21. The quantitative estimate of drug-likeness (QED) is 0.487. The average molecular weight is 447 g/mol. The molecule has 27 heavy (non-hydrogen) atoms. The molecule has 0 aromatic heterocycles. The molecule has 0 radical (unpaired) electrons. The molecule has 2 aromatic rings. The number of amides is 2. The Morgan fingerprint density at radius 3 is 2.44 bits per heavy atom. The zero-order valence-electron chi connectivity index (χ0n) is 13.5. The monoisotopic (exact) mass is 446 g/mol. The zero-order chi connectivity index (χ0) is 19.8. The van der Waals surface area contributed by atoms with Crippen LogP contribution < -0.4 is 15.8 Å². The highest BCUT2D eigenvalue weighted by Crippen LogP contribution is 2.35. The first kappa shape index (κ1) is 18.8. The number of hydrogen-bond donors (Lipinski definition) is 3. The molecule has 0 aliphatic carbocycles. The minimum absolute atomic E-state index is 0.0348. The molecule has 3 rings (SSSR count). The summed E-state index contributed by atoms with van der Waals surface area (Å²) in [6, 6.07) is 11.9. The van der Waals surface area contributed by atoms with E-state index in [1.165, 1.54) is 24.3 Å². The lowest BCUT2D eigenvalue weighted by atomic mass is 10.0. The van der Waals surface area contributed by atoms with E-state index in [1.54, 1.807) is 24.3 Å². The number of primary sulfonamides is 1. The Balaban J connectivity index is 1.96. The molecule has 1 aliphatic rings. The Kier molecular flexibility index (Phi) is 4.84. The van der Waals surface area contributed by atoms with Gasteiger partial charge in [-0.25, -0.2) is 13.6 Å². The van der Waals surface area contributed by atoms with Crippen LogP contribution in [0.15, 0.2) is 57.4 Å². The number of hydrogen-bond acceptors (Lipinski definition) is 5. The number of sulfonamides is 1. The molecule has 0 saturated carbocycles. The number of carbonyl (C=O) groups excluding carboxylic acids is 2. The number of rotatable bonds is 3. The van der Waals surface area contributed by atoms with E-state index in [0.717, 1.165) is 0 Å². The van der Waals surface area contributed by atoms with Gasteiger partial charge in [0.2, 0.25) is 10.0 Å². The number of nitriles is 1. The molecule has 4 N–H and O–H groups in total. The van der Waals surface area contributed by atoms with Crippen LogP contribution in [0.3, 0.4) is 0 Å². The molecule has 8 nitrogen and oxygen atoms in total. The molecular weight excluding hydrogens is 436 g/mol. The smallest absolute Gasteiger partial charge is 0.267 e. The van der Waals surface area contributed by atoms with Crippen molar-refractivity contribution < 1.29 is 18.0 Å². The van der Waals surface area contributed by atoms with E-state index in [-0.39, 0.29) is 21.7 Å². The Hall–Kier alpha value is -3.00. The van der Waals surface area contributed by atoms with Crippen LogP contribution in [0.1, 0.15) is 5.56 Å².